The number of benzene rings is 1. The summed E-state index contributed by atoms with van der Waals surface area (Å²) in [7, 11) is 0. The maximum atomic E-state index is 13.4. The van der Waals surface area contributed by atoms with Gasteiger partial charge in [0.15, 0.2) is 5.78 Å². The van der Waals surface area contributed by atoms with Crippen molar-refractivity contribution in [3.63, 3.8) is 0 Å². The molecule has 7 nitrogen and oxygen atoms in total. The summed E-state index contributed by atoms with van der Waals surface area (Å²) < 4.78 is 5.33. The summed E-state index contributed by atoms with van der Waals surface area (Å²) in [6.45, 7) is 9.05. The Morgan fingerprint density at radius 1 is 1.25 bits per heavy atom. The predicted molar refractivity (Wildman–Crippen MR) is 126 cm³/mol. The number of halogens is 1. The van der Waals surface area contributed by atoms with E-state index in [4.69, 9.17) is 16.3 Å². The van der Waals surface area contributed by atoms with Gasteiger partial charge in [0.2, 0.25) is 0 Å². The molecule has 1 aromatic rings. The van der Waals surface area contributed by atoms with E-state index in [1.807, 2.05) is 26.0 Å². The third-order valence-corrected chi connectivity index (χ3v) is 6.01. The second-order valence-corrected chi connectivity index (χ2v) is 10.4. The first kappa shape index (κ1) is 24.2. The number of amides is 2. The molecule has 1 unspecified atom stereocenters. The van der Waals surface area contributed by atoms with Crippen LogP contribution in [0.15, 0.2) is 46.5 Å². The van der Waals surface area contributed by atoms with Gasteiger partial charge < -0.3 is 10.1 Å². The smallest absolute Gasteiger partial charge is 0.426 e. The van der Waals surface area contributed by atoms with Crippen LogP contribution in [0.25, 0.3) is 0 Å². The number of hydrazine groups is 1. The molecule has 3 rings (SSSR count). The molecule has 2 amide bonds. The van der Waals surface area contributed by atoms with Crippen molar-refractivity contribution in [2.24, 2.45) is 5.92 Å². The standard InChI is InChI=1S/C23H28ClN3O4S/c1-13(2)25-21(29)17-11-15(10-14-6-8-16(24)9-7-14)19(28)18-20(17)32-12-27(18)26-22(30)31-23(3,4)5/h6-9,11,13,15H,10,12H2,1-5H3,(H,25,29)(H,26,30). The maximum Gasteiger partial charge on any atom is 0.426 e. The fourth-order valence-corrected chi connectivity index (χ4v) is 4.65. The zero-order valence-electron chi connectivity index (χ0n) is 18.8. The molecule has 1 heterocycles. The summed E-state index contributed by atoms with van der Waals surface area (Å²) in [5.41, 5.74) is 3.67. The number of Topliss-reactive ketones (excluding diaryl/α,β-unsaturated/α-hetero) is 1. The highest BCUT2D eigenvalue weighted by atomic mass is 35.5. The van der Waals surface area contributed by atoms with E-state index < -0.39 is 17.6 Å². The highest BCUT2D eigenvalue weighted by Crippen LogP contribution is 2.42. The van der Waals surface area contributed by atoms with E-state index >= 15 is 0 Å². The molecule has 1 aromatic carbocycles. The normalized spacial score (nSPS) is 18.5. The molecule has 9 heteroatoms. The summed E-state index contributed by atoms with van der Waals surface area (Å²) in [6.07, 6.45) is 1.49. The number of ether oxygens (including phenoxy) is 1. The zero-order valence-corrected chi connectivity index (χ0v) is 20.4. The predicted octanol–water partition coefficient (Wildman–Crippen LogP) is 4.19. The zero-order chi connectivity index (χ0) is 23.6. The third kappa shape index (κ3) is 5.86. The maximum absolute atomic E-state index is 13.4. The van der Waals surface area contributed by atoms with Crippen LogP contribution in [0, 0.1) is 5.92 Å². The highest BCUT2D eigenvalue weighted by Gasteiger charge is 2.40. The number of thioether (sulfide) groups is 1. The molecule has 1 aliphatic carbocycles. The average Bonchev–Trinajstić information content (AvgIpc) is 3.07. The lowest BCUT2D eigenvalue weighted by Gasteiger charge is -2.28. The minimum absolute atomic E-state index is 0.0535. The Morgan fingerprint density at radius 3 is 2.50 bits per heavy atom. The number of rotatable bonds is 5. The van der Waals surface area contributed by atoms with Gasteiger partial charge in [-0.15, -0.1) is 0 Å². The number of hydrogen-bond acceptors (Lipinski definition) is 6. The van der Waals surface area contributed by atoms with Crippen molar-refractivity contribution in [2.45, 2.75) is 52.7 Å². The lowest BCUT2D eigenvalue weighted by Crippen LogP contribution is -2.45. The topological polar surface area (TPSA) is 87.7 Å². The number of carbonyl (C=O) groups excluding carboxylic acids is 3. The van der Waals surface area contributed by atoms with E-state index in [2.05, 4.69) is 10.7 Å². The molecule has 1 aliphatic heterocycles. The number of nitrogens with one attached hydrogen (secondary N) is 2. The van der Waals surface area contributed by atoms with Crippen molar-refractivity contribution in [1.29, 1.82) is 0 Å². The molecular weight excluding hydrogens is 450 g/mol. The van der Waals surface area contributed by atoms with Crippen molar-refractivity contribution >= 4 is 41.1 Å². The molecule has 0 fully saturated rings. The van der Waals surface area contributed by atoms with Gasteiger partial charge in [-0.3, -0.25) is 14.6 Å². The molecule has 32 heavy (non-hydrogen) atoms. The van der Waals surface area contributed by atoms with Gasteiger partial charge in [-0.2, -0.15) is 0 Å². The number of ketones is 1. The Kier molecular flexibility index (Phi) is 7.25. The third-order valence-electron chi connectivity index (χ3n) is 4.66. The van der Waals surface area contributed by atoms with E-state index in [9.17, 15) is 14.4 Å². The van der Waals surface area contributed by atoms with Crippen molar-refractivity contribution < 1.29 is 19.1 Å². The molecule has 0 saturated carbocycles. The first-order chi connectivity index (χ1) is 14.9. The Balaban J connectivity index is 1.91. The van der Waals surface area contributed by atoms with Gasteiger partial charge in [0, 0.05) is 17.0 Å². The second kappa shape index (κ2) is 9.58. The van der Waals surface area contributed by atoms with Crippen LogP contribution in [0.5, 0.6) is 0 Å². The lowest BCUT2D eigenvalue weighted by molar-refractivity contribution is -0.119. The largest absolute Gasteiger partial charge is 0.443 e. The van der Waals surface area contributed by atoms with Crippen molar-refractivity contribution in [2.75, 3.05) is 5.88 Å². The van der Waals surface area contributed by atoms with Crippen molar-refractivity contribution in [3.8, 4) is 0 Å². The quantitative estimate of drug-likeness (QED) is 0.661. The van der Waals surface area contributed by atoms with Crippen LogP contribution in [0.2, 0.25) is 5.02 Å². The van der Waals surface area contributed by atoms with Crippen LogP contribution in [0.4, 0.5) is 4.79 Å². The minimum atomic E-state index is -0.677. The average molecular weight is 478 g/mol. The van der Waals surface area contributed by atoms with Crippen molar-refractivity contribution in [1.82, 2.24) is 15.8 Å². The SMILES string of the molecule is CC(C)NC(=O)C1=CC(Cc2ccc(Cl)cc2)C(=O)C2=C1SCN2NC(=O)OC(C)(C)C. The summed E-state index contributed by atoms with van der Waals surface area (Å²) in [6, 6.07) is 7.21. The van der Waals surface area contributed by atoms with Gasteiger partial charge in [0.05, 0.1) is 16.4 Å². The monoisotopic (exact) mass is 477 g/mol. The van der Waals surface area contributed by atoms with E-state index in [0.717, 1.165) is 5.56 Å². The molecule has 0 saturated heterocycles. The van der Waals surface area contributed by atoms with E-state index in [1.54, 1.807) is 39.0 Å². The van der Waals surface area contributed by atoms with Crippen LogP contribution >= 0.6 is 23.4 Å². The molecule has 172 valence electrons. The van der Waals surface area contributed by atoms with Gasteiger partial charge in [-0.25, -0.2) is 10.2 Å². The van der Waals surface area contributed by atoms with Crippen LogP contribution in [0.1, 0.15) is 40.2 Å². The van der Waals surface area contributed by atoms with Crippen molar-refractivity contribution in [3.05, 3.63) is 57.1 Å². The fraction of sp³-hybridized carbons (Fsp3) is 0.435. The Hall–Kier alpha value is -2.45. The minimum Gasteiger partial charge on any atom is -0.443 e. The van der Waals surface area contributed by atoms with E-state index in [1.165, 1.54) is 16.8 Å². The summed E-state index contributed by atoms with van der Waals surface area (Å²) in [5.74, 6) is -0.649. The molecule has 2 aliphatic rings. The van der Waals surface area contributed by atoms with Crippen LogP contribution in [-0.2, 0) is 20.7 Å². The molecule has 1 atom stereocenters. The van der Waals surface area contributed by atoms with Crippen LogP contribution in [0.3, 0.4) is 0 Å². The van der Waals surface area contributed by atoms with Gasteiger partial charge >= 0.3 is 6.09 Å². The summed E-state index contributed by atoms with van der Waals surface area (Å²) in [4.78, 5) is 39.3. The van der Waals surface area contributed by atoms with Gasteiger partial charge in [-0.1, -0.05) is 41.6 Å². The first-order valence-electron chi connectivity index (χ1n) is 10.4. The van der Waals surface area contributed by atoms with Gasteiger partial charge in [0.1, 0.15) is 11.3 Å². The molecule has 0 bridgehead atoms. The van der Waals surface area contributed by atoms with E-state index in [-0.39, 0.29) is 17.7 Å². The highest BCUT2D eigenvalue weighted by molar-refractivity contribution is 8.03. The lowest BCUT2D eigenvalue weighted by atomic mass is 9.86. The van der Waals surface area contributed by atoms with Crippen LogP contribution < -0.4 is 10.7 Å². The number of carbonyl (C=O) groups is 3. The summed E-state index contributed by atoms with van der Waals surface area (Å²) >= 11 is 7.32. The molecule has 2 N–H and O–H groups in total. The Labute approximate surface area is 197 Å². The Bertz CT molecular complexity index is 980. The van der Waals surface area contributed by atoms with Gasteiger partial charge in [0.25, 0.3) is 5.91 Å². The van der Waals surface area contributed by atoms with E-state index in [0.29, 0.717) is 33.5 Å². The second-order valence-electron chi connectivity index (χ2n) is 9.00. The molecule has 0 radical (unpaired) electrons. The molecular formula is C23H28ClN3O4S. The number of hydrogen-bond donors (Lipinski definition) is 2. The summed E-state index contributed by atoms with van der Waals surface area (Å²) in [5, 5.41) is 4.99. The number of nitrogens with zero attached hydrogens (tertiary/aromatic N) is 1. The van der Waals surface area contributed by atoms with Crippen LogP contribution in [-0.4, -0.2) is 40.3 Å². The van der Waals surface area contributed by atoms with Gasteiger partial charge in [-0.05, 0) is 58.7 Å². The molecule has 0 spiro atoms. The first-order valence-corrected chi connectivity index (χ1v) is 11.8. The fourth-order valence-electron chi connectivity index (χ4n) is 3.41. The Morgan fingerprint density at radius 2 is 1.91 bits per heavy atom. The molecule has 0 aromatic heterocycles. The number of allylic oxidation sites excluding steroid dienone is 2.